The number of alkyl halides is 3. The number of nitrogens with one attached hydrogen (secondary N) is 1. The SMILES string of the molecule is Cc1cc(S(=O)(=O)NCCn2nc(C(F)(F)F)cc2C2CC2)c(Cl)cc1Cl. The first-order valence-electron chi connectivity index (χ1n) is 8.09. The van der Waals surface area contributed by atoms with Gasteiger partial charge in [-0.05, 0) is 43.5 Å². The molecule has 148 valence electrons. The van der Waals surface area contributed by atoms with Gasteiger partial charge in [-0.15, -0.1) is 0 Å². The van der Waals surface area contributed by atoms with Crippen LogP contribution in [0, 0.1) is 6.92 Å². The molecular weight excluding hydrogens is 426 g/mol. The molecule has 0 amide bonds. The highest BCUT2D eigenvalue weighted by atomic mass is 35.5. The van der Waals surface area contributed by atoms with Gasteiger partial charge >= 0.3 is 6.18 Å². The van der Waals surface area contributed by atoms with E-state index in [1.54, 1.807) is 6.92 Å². The number of aromatic nitrogens is 2. The van der Waals surface area contributed by atoms with Crippen LogP contribution in [0.4, 0.5) is 13.2 Å². The maximum absolute atomic E-state index is 12.9. The lowest BCUT2D eigenvalue weighted by molar-refractivity contribution is -0.141. The van der Waals surface area contributed by atoms with Crippen molar-refractivity contribution in [3.8, 4) is 0 Å². The van der Waals surface area contributed by atoms with Crippen LogP contribution in [0.15, 0.2) is 23.1 Å². The predicted octanol–water partition coefficient (Wildman–Crippen LogP) is 4.37. The van der Waals surface area contributed by atoms with E-state index in [4.69, 9.17) is 23.2 Å². The van der Waals surface area contributed by atoms with Gasteiger partial charge in [0.25, 0.3) is 0 Å². The molecule has 11 heteroatoms. The average Bonchev–Trinajstić information content (AvgIpc) is 3.29. The zero-order valence-corrected chi connectivity index (χ0v) is 16.5. The third-order valence-electron chi connectivity index (χ3n) is 4.22. The highest BCUT2D eigenvalue weighted by Gasteiger charge is 2.37. The van der Waals surface area contributed by atoms with Gasteiger partial charge in [0.1, 0.15) is 4.90 Å². The first-order valence-corrected chi connectivity index (χ1v) is 10.3. The second-order valence-electron chi connectivity index (χ2n) is 6.38. The van der Waals surface area contributed by atoms with Gasteiger partial charge in [-0.3, -0.25) is 4.68 Å². The van der Waals surface area contributed by atoms with Crippen LogP contribution in [0.3, 0.4) is 0 Å². The van der Waals surface area contributed by atoms with Gasteiger partial charge in [0.05, 0.1) is 11.6 Å². The van der Waals surface area contributed by atoms with Crippen LogP contribution in [-0.2, 0) is 22.7 Å². The molecule has 2 aromatic rings. The highest BCUT2D eigenvalue weighted by molar-refractivity contribution is 7.89. The minimum atomic E-state index is -4.54. The summed E-state index contributed by atoms with van der Waals surface area (Å²) in [5, 5.41) is 3.90. The lowest BCUT2D eigenvalue weighted by Gasteiger charge is -2.11. The number of rotatable bonds is 6. The smallest absolute Gasteiger partial charge is 0.267 e. The first kappa shape index (κ1) is 20.4. The Morgan fingerprint density at radius 3 is 2.48 bits per heavy atom. The van der Waals surface area contributed by atoms with E-state index in [-0.39, 0.29) is 28.9 Å². The Kier molecular flexibility index (Phi) is 5.51. The Hall–Kier alpha value is -1.29. The molecule has 0 spiro atoms. The van der Waals surface area contributed by atoms with Crippen molar-refractivity contribution >= 4 is 33.2 Å². The zero-order chi connectivity index (χ0) is 20.0. The van der Waals surface area contributed by atoms with E-state index in [0.29, 0.717) is 16.3 Å². The van der Waals surface area contributed by atoms with Crippen LogP contribution in [0.5, 0.6) is 0 Å². The summed E-state index contributed by atoms with van der Waals surface area (Å²) in [7, 11) is -3.94. The molecule has 1 aromatic carbocycles. The summed E-state index contributed by atoms with van der Waals surface area (Å²) in [4.78, 5) is -0.134. The van der Waals surface area contributed by atoms with E-state index in [9.17, 15) is 21.6 Å². The second kappa shape index (κ2) is 7.27. The van der Waals surface area contributed by atoms with Crippen molar-refractivity contribution < 1.29 is 21.6 Å². The number of halogens is 5. The predicted molar refractivity (Wildman–Crippen MR) is 95.6 cm³/mol. The van der Waals surface area contributed by atoms with Crippen LogP contribution in [0.25, 0.3) is 0 Å². The molecule has 0 unspecified atom stereocenters. The molecule has 0 aliphatic heterocycles. The molecule has 1 fully saturated rings. The normalized spacial score (nSPS) is 15.3. The molecule has 0 bridgehead atoms. The fourth-order valence-electron chi connectivity index (χ4n) is 2.66. The minimum absolute atomic E-state index is 0.0225. The van der Waals surface area contributed by atoms with E-state index in [1.165, 1.54) is 16.8 Å². The fourth-order valence-corrected chi connectivity index (χ4v) is 4.51. The number of hydrogen-bond acceptors (Lipinski definition) is 3. The maximum atomic E-state index is 12.9. The van der Waals surface area contributed by atoms with Gasteiger partial charge in [0.2, 0.25) is 10.0 Å². The van der Waals surface area contributed by atoms with E-state index in [0.717, 1.165) is 18.9 Å². The topological polar surface area (TPSA) is 64.0 Å². The van der Waals surface area contributed by atoms with Crippen molar-refractivity contribution in [1.82, 2.24) is 14.5 Å². The summed E-state index contributed by atoms with van der Waals surface area (Å²) in [6, 6.07) is 3.71. The van der Waals surface area contributed by atoms with Crippen LogP contribution in [-0.4, -0.2) is 24.7 Å². The lowest BCUT2D eigenvalue weighted by Crippen LogP contribution is -2.28. The molecule has 1 aromatic heterocycles. The zero-order valence-electron chi connectivity index (χ0n) is 14.1. The van der Waals surface area contributed by atoms with Crippen LogP contribution in [0.2, 0.25) is 10.0 Å². The van der Waals surface area contributed by atoms with Crippen molar-refractivity contribution in [2.24, 2.45) is 0 Å². The number of nitrogens with zero attached hydrogens (tertiary/aromatic N) is 2. The number of hydrogen-bond donors (Lipinski definition) is 1. The summed E-state index contributed by atoms with van der Waals surface area (Å²) in [6.07, 6.45) is -2.94. The van der Waals surface area contributed by atoms with Crippen molar-refractivity contribution in [2.45, 2.75) is 43.3 Å². The van der Waals surface area contributed by atoms with Gasteiger partial charge in [-0.1, -0.05) is 23.2 Å². The molecule has 27 heavy (non-hydrogen) atoms. The van der Waals surface area contributed by atoms with E-state index in [1.807, 2.05) is 0 Å². The molecule has 0 radical (unpaired) electrons. The molecule has 5 nitrogen and oxygen atoms in total. The van der Waals surface area contributed by atoms with Gasteiger partial charge in [-0.25, -0.2) is 13.1 Å². The average molecular weight is 442 g/mol. The molecule has 1 aliphatic carbocycles. The highest BCUT2D eigenvalue weighted by Crippen LogP contribution is 2.42. The molecule has 1 heterocycles. The van der Waals surface area contributed by atoms with Gasteiger partial charge < -0.3 is 0 Å². The largest absolute Gasteiger partial charge is 0.435 e. The van der Waals surface area contributed by atoms with Gasteiger partial charge in [0.15, 0.2) is 5.69 Å². The summed E-state index contributed by atoms with van der Waals surface area (Å²) in [6.45, 7) is 1.49. The summed E-state index contributed by atoms with van der Waals surface area (Å²) in [5.74, 6) is 0.0403. The van der Waals surface area contributed by atoms with Gasteiger partial charge in [-0.2, -0.15) is 18.3 Å². The van der Waals surface area contributed by atoms with Crippen LogP contribution < -0.4 is 4.72 Å². The Morgan fingerprint density at radius 1 is 1.22 bits per heavy atom. The molecule has 1 saturated carbocycles. The van der Waals surface area contributed by atoms with Crippen molar-refractivity contribution in [3.05, 3.63) is 45.2 Å². The van der Waals surface area contributed by atoms with Crippen LogP contribution >= 0.6 is 23.2 Å². The van der Waals surface area contributed by atoms with Crippen molar-refractivity contribution in [1.29, 1.82) is 0 Å². The fraction of sp³-hybridized carbons (Fsp3) is 0.438. The van der Waals surface area contributed by atoms with Crippen LogP contribution in [0.1, 0.15) is 35.7 Å². The Bertz CT molecular complexity index is 970. The second-order valence-corrected chi connectivity index (χ2v) is 8.93. The van der Waals surface area contributed by atoms with E-state index < -0.39 is 21.9 Å². The lowest BCUT2D eigenvalue weighted by atomic mass is 10.2. The van der Waals surface area contributed by atoms with Crippen molar-refractivity contribution in [2.75, 3.05) is 6.54 Å². The Morgan fingerprint density at radius 2 is 1.89 bits per heavy atom. The monoisotopic (exact) mass is 441 g/mol. The van der Waals surface area contributed by atoms with E-state index >= 15 is 0 Å². The number of aryl methyl sites for hydroxylation is 1. The molecule has 0 atom stereocenters. The molecule has 1 N–H and O–H groups in total. The number of benzene rings is 1. The Balaban J connectivity index is 1.74. The molecule has 0 saturated heterocycles. The summed E-state index contributed by atoms with van der Waals surface area (Å²) < 4.78 is 67.2. The van der Waals surface area contributed by atoms with Gasteiger partial charge in [0, 0.05) is 23.2 Å². The molecular formula is C16H16Cl2F3N3O2S. The maximum Gasteiger partial charge on any atom is 0.435 e. The summed E-state index contributed by atoms with van der Waals surface area (Å²) in [5.41, 5.74) is 0.0462. The quantitative estimate of drug-likeness (QED) is 0.723. The third kappa shape index (κ3) is 4.59. The molecule has 3 rings (SSSR count). The standard InChI is InChI=1S/C16H16Cl2F3N3O2S/c1-9-6-14(12(18)7-11(9)17)27(25,26)22-4-5-24-13(10-2-3-10)8-15(23-24)16(19,20)21/h6-8,10,22H,2-5H2,1H3. The molecule has 1 aliphatic rings. The number of sulfonamides is 1. The van der Waals surface area contributed by atoms with Crippen molar-refractivity contribution in [3.63, 3.8) is 0 Å². The summed E-state index contributed by atoms with van der Waals surface area (Å²) >= 11 is 11.9. The first-order chi connectivity index (χ1) is 12.5. The third-order valence-corrected chi connectivity index (χ3v) is 6.55. The van der Waals surface area contributed by atoms with E-state index in [2.05, 4.69) is 9.82 Å². The Labute approximate surface area is 164 Å². The minimum Gasteiger partial charge on any atom is -0.267 e.